The molecule has 0 saturated carbocycles. The van der Waals surface area contributed by atoms with Crippen LogP contribution in [0.15, 0.2) is 54.7 Å². The van der Waals surface area contributed by atoms with Crippen molar-refractivity contribution >= 4 is 27.0 Å². The van der Waals surface area contributed by atoms with Gasteiger partial charge in [-0.05, 0) is 17.7 Å². The summed E-state index contributed by atoms with van der Waals surface area (Å²) >= 11 is 3.76. The monoisotopic (exact) mass is 330 g/mol. The van der Waals surface area contributed by atoms with Crippen LogP contribution >= 0.6 is 15.9 Å². The van der Waals surface area contributed by atoms with Crippen LogP contribution in [0.1, 0.15) is 10.5 Å². The Kier molecular flexibility index (Phi) is 3.74. The van der Waals surface area contributed by atoms with E-state index >= 15 is 0 Å². The molecule has 2 heterocycles. The summed E-state index contributed by atoms with van der Waals surface area (Å²) in [5.74, 6) is 0.643. The lowest BCUT2D eigenvalue weighted by molar-refractivity contribution is 0.399. The van der Waals surface area contributed by atoms with Gasteiger partial charge in [0.1, 0.15) is 0 Å². The maximum Gasteiger partial charge on any atom is 0.213 e. The van der Waals surface area contributed by atoms with Crippen molar-refractivity contribution in [3.63, 3.8) is 0 Å². The third-order valence-corrected chi connectivity index (χ3v) is 4.07. The molecule has 0 N–H and O–H groups in total. The molecule has 0 aliphatic rings. The molecule has 0 fully saturated rings. The summed E-state index contributed by atoms with van der Waals surface area (Å²) in [5, 5.41) is 0. The molecule has 3 nitrogen and oxygen atoms in total. The average molecular weight is 331 g/mol. The molecule has 2 aromatic heterocycles. The number of alkyl halides is 1. The molecule has 0 aliphatic heterocycles. The van der Waals surface area contributed by atoms with Gasteiger partial charge in [-0.25, -0.2) is 4.98 Å². The Morgan fingerprint density at radius 1 is 1.15 bits per heavy atom. The first-order valence-corrected chi connectivity index (χ1v) is 7.39. The van der Waals surface area contributed by atoms with Crippen molar-refractivity contribution in [2.45, 2.75) is 11.4 Å². The molecular weight excluding hydrogens is 316 g/mol. The molecule has 20 heavy (non-hydrogen) atoms. The zero-order valence-electron chi connectivity index (χ0n) is 11.2. The van der Waals surface area contributed by atoms with E-state index in [2.05, 4.69) is 55.9 Å². The SMILES string of the molecule is COc1ccc2c(ccn2C(Br)Cc2ccccc2)n1. The van der Waals surface area contributed by atoms with Gasteiger partial charge in [0.05, 0.1) is 23.1 Å². The van der Waals surface area contributed by atoms with Crippen LogP contribution in [0.3, 0.4) is 0 Å². The summed E-state index contributed by atoms with van der Waals surface area (Å²) in [6, 6.07) is 16.4. The molecular formula is C16H15BrN2O. The first kappa shape index (κ1) is 13.2. The quantitative estimate of drug-likeness (QED) is 0.671. The number of ether oxygens (including phenoxy) is 1. The van der Waals surface area contributed by atoms with Gasteiger partial charge in [-0.3, -0.25) is 0 Å². The number of halogens is 1. The number of hydrogen-bond donors (Lipinski definition) is 0. The summed E-state index contributed by atoms with van der Waals surface area (Å²) in [4.78, 5) is 4.65. The third-order valence-electron chi connectivity index (χ3n) is 3.31. The second-order valence-corrected chi connectivity index (χ2v) is 5.66. The highest BCUT2D eigenvalue weighted by molar-refractivity contribution is 9.09. The molecule has 3 rings (SSSR count). The largest absolute Gasteiger partial charge is 0.481 e. The van der Waals surface area contributed by atoms with Crippen LogP contribution in [0.2, 0.25) is 0 Å². The molecule has 1 atom stereocenters. The van der Waals surface area contributed by atoms with Gasteiger partial charge in [0.25, 0.3) is 0 Å². The Morgan fingerprint density at radius 2 is 1.95 bits per heavy atom. The summed E-state index contributed by atoms with van der Waals surface area (Å²) in [6.45, 7) is 0. The number of hydrogen-bond acceptors (Lipinski definition) is 2. The molecule has 1 aromatic carbocycles. The minimum atomic E-state index is 0.206. The van der Waals surface area contributed by atoms with Crippen molar-refractivity contribution in [3.05, 3.63) is 60.3 Å². The molecule has 0 spiro atoms. The predicted molar refractivity (Wildman–Crippen MR) is 84.4 cm³/mol. The average Bonchev–Trinajstić information content (AvgIpc) is 2.91. The maximum absolute atomic E-state index is 5.16. The summed E-state index contributed by atoms with van der Waals surface area (Å²) in [5.41, 5.74) is 3.35. The van der Waals surface area contributed by atoms with E-state index in [1.807, 2.05) is 24.3 Å². The van der Waals surface area contributed by atoms with E-state index in [-0.39, 0.29) is 4.95 Å². The fourth-order valence-corrected chi connectivity index (χ4v) is 3.02. The summed E-state index contributed by atoms with van der Waals surface area (Å²) in [7, 11) is 1.63. The van der Waals surface area contributed by atoms with Crippen LogP contribution in [-0.2, 0) is 6.42 Å². The predicted octanol–water partition coefficient (Wildman–Crippen LogP) is 4.18. The number of nitrogens with zero attached hydrogens (tertiary/aromatic N) is 2. The van der Waals surface area contributed by atoms with Crippen molar-refractivity contribution in [1.82, 2.24) is 9.55 Å². The molecule has 0 aliphatic carbocycles. The van der Waals surface area contributed by atoms with E-state index in [1.54, 1.807) is 7.11 Å². The Labute approximate surface area is 126 Å². The summed E-state index contributed by atoms with van der Waals surface area (Å²) < 4.78 is 7.34. The number of benzene rings is 1. The Bertz CT molecular complexity index is 709. The topological polar surface area (TPSA) is 27.1 Å². The second-order valence-electron chi connectivity index (χ2n) is 4.61. The van der Waals surface area contributed by atoms with E-state index in [0.717, 1.165) is 17.5 Å². The maximum atomic E-state index is 5.16. The second kappa shape index (κ2) is 5.67. The fraction of sp³-hybridized carbons (Fsp3) is 0.188. The first-order valence-electron chi connectivity index (χ1n) is 6.47. The Morgan fingerprint density at radius 3 is 2.70 bits per heavy atom. The number of fused-ring (bicyclic) bond motifs is 1. The summed E-state index contributed by atoms with van der Waals surface area (Å²) in [6.07, 6.45) is 2.98. The molecule has 102 valence electrons. The number of pyridine rings is 1. The minimum Gasteiger partial charge on any atom is -0.481 e. The van der Waals surface area contributed by atoms with Crippen molar-refractivity contribution in [2.24, 2.45) is 0 Å². The highest BCUT2D eigenvalue weighted by Crippen LogP contribution is 2.27. The van der Waals surface area contributed by atoms with Gasteiger partial charge in [-0.2, -0.15) is 0 Å². The van der Waals surface area contributed by atoms with Crippen LogP contribution in [-0.4, -0.2) is 16.7 Å². The van der Waals surface area contributed by atoms with Crippen molar-refractivity contribution in [1.29, 1.82) is 0 Å². The highest BCUT2D eigenvalue weighted by Gasteiger charge is 2.11. The first-order chi connectivity index (χ1) is 9.78. The fourth-order valence-electron chi connectivity index (χ4n) is 2.29. The van der Waals surface area contributed by atoms with E-state index < -0.39 is 0 Å². The van der Waals surface area contributed by atoms with Gasteiger partial charge in [0, 0.05) is 18.7 Å². The van der Waals surface area contributed by atoms with Crippen LogP contribution in [0.25, 0.3) is 11.0 Å². The lowest BCUT2D eigenvalue weighted by atomic mass is 10.1. The van der Waals surface area contributed by atoms with E-state index in [1.165, 1.54) is 5.56 Å². The van der Waals surface area contributed by atoms with Crippen molar-refractivity contribution in [3.8, 4) is 5.88 Å². The van der Waals surface area contributed by atoms with Crippen molar-refractivity contribution in [2.75, 3.05) is 7.11 Å². The van der Waals surface area contributed by atoms with Gasteiger partial charge >= 0.3 is 0 Å². The molecule has 1 unspecified atom stereocenters. The zero-order chi connectivity index (χ0) is 13.9. The standard InChI is InChI=1S/C16H15BrN2O/c1-20-16-8-7-14-13(18-16)9-10-19(14)15(17)11-12-5-3-2-4-6-12/h2-10,15H,11H2,1H3. The molecule has 4 heteroatoms. The normalized spacial score (nSPS) is 12.5. The van der Waals surface area contributed by atoms with Gasteiger partial charge < -0.3 is 9.30 Å². The highest BCUT2D eigenvalue weighted by atomic mass is 79.9. The smallest absolute Gasteiger partial charge is 0.213 e. The van der Waals surface area contributed by atoms with Gasteiger partial charge in [0.2, 0.25) is 5.88 Å². The van der Waals surface area contributed by atoms with Crippen LogP contribution in [0.4, 0.5) is 0 Å². The van der Waals surface area contributed by atoms with E-state index in [9.17, 15) is 0 Å². The Hall–Kier alpha value is -1.81. The lowest BCUT2D eigenvalue weighted by Crippen LogP contribution is -2.04. The van der Waals surface area contributed by atoms with E-state index in [0.29, 0.717) is 5.88 Å². The van der Waals surface area contributed by atoms with Crippen LogP contribution in [0.5, 0.6) is 5.88 Å². The molecule has 0 bridgehead atoms. The zero-order valence-corrected chi connectivity index (χ0v) is 12.7. The van der Waals surface area contributed by atoms with Crippen LogP contribution in [0, 0.1) is 0 Å². The van der Waals surface area contributed by atoms with Crippen molar-refractivity contribution < 1.29 is 4.74 Å². The molecule has 0 radical (unpaired) electrons. The minimum absolute atomic E-state index is 0.206. The van der Waals surface area contributed by atoms with E-state index in [4.69, 9.17) is 4.74 Å². The van der Waals surface area contributed by atoms with Crippen LogP contribution < -0.4 is 4.74 Å². The number of rotatable bonds is 4. The van der Waals surface area contributed by atoms with Gasteiger partial charge in [0.15, 0.2) is 0 Å². The number of aromatic nitrogens is 2. The Balaban J connectivity index is 1.90. The van der Waals surface area contributed by atoms with Gasteiger partial charge in [-0.1, -0.05) is 46.3 Å². The lowest BCUT2D eigenvalue weighted by Gasteiger charge is -2.13. The molecule has 3 aromatic rings. The van der Waals surface area contributed by atoms with Gasteiger partial charge in [-0.15, -0.1) is 0 Å². The molecule has 0 amide bonds. The molecule has 0 saturated heterocycles. The number of methoxy groups -OCH3 is 1. The third kappa shape index (κ3) is 2.56.